The molecular formula is C20H32N4O3. The molecule has 27 heavy (non-hydrogen) atoms. The lowest BCUT2D eigenvalue weighted by molar-refractivity contribution is -0.136. The maximum Gasteiger partial charge on any atom is 0.313 e. The number of anilines is 1. The highest BCUT2D eigenvalue weighted by Gasteiger charge is 2.18. The molecule has 1 atom stereocenters. The summed E-state index contributed by atoms with van der Waals surface area (Å²) < 4.78 is 0. The first-order valence-electron chi connectivity index (χ1n) is 9.60. The monoisotopic (exact) mass is 376 g/mol. The van der Waals surface area contributed by atoms with E-state index < -0.39 is 11.8 Å². The van der Waals surface area contributed by atoms with Crippen molar-refractivity contribution in [3.8, 4) is 0 Å². The van der Waals surface area contributed by atoms with Gasteiger partial charge in [0.2, 0.25) is 0 Å². The Bertz CT molecular complexity index is 640. The molecule has 150 valence electrons. The SMILES string of the molecule is CCN(CC)C(=O)c1cccc(NC(=O)C(=O)NCC(C)N(CC)CC)c1. The Kier molecular flexibility index (Phi) is 9.50. The van der Waals surface area contributed by atoms with E-state index in [2.05, 4.69) is 29.4 Å². The van der Waals surface area contributed by atoms with Crippen LogP contribution in [-0.2, 0) is 9.59 Å². The fourth-order valence-electron chi connectivity index (χ4n) is 2.91. The van der Waals surface area contributed by atoms with Crippen LogP contribution >= 0.6 is 0 Å². The summed E-state index contributed by atoms with van der Waals surface area (Å²) in [6.07, 6.45) is 0. The lowest BCUT2D eigenvalue weighted by atomic mass is 10.1. The molecule has 0 bridgehead atoms. The van der Waals surface area contributed by atoms with Crippen LogP contribution in [0.15, 0.2) is 24.3 Å². The van der Waals surface area contributed by atoms with E-state index in [1.807, 2.05) is 20.8 Å². The van der Waals surface area contributed by atoms with Gasteiger partial charge in [0.05, 0.1) is 0 Å². The molecule has 0 fully saturated rings. The zero-order valence-electron chi connectivity index (χ0n) is 17.0. The zero-order chi connectivity index (χ0) is 20.4. The molecule has 0 saturated heterocycles. The zero-order valence-corrected chi connectivity index (χ0v) is 17.0. The summed E-state index contributed by atoms with van der Waals surface area (Å²) >= 11 is 0. The standard InChI is InChI=1S/C20H32N4O3/c1-6-23(7-2)15(5)14-21-18(25)19(26)22-17-12-10-11-16(13-17)20(27)24(8-3)9-4/h10-13,15H,6-9,14H2,1-5H3,(H,21,25)(H,22,26). The third-order valence-corrected chi connectivity index (χ3v) is 4.62. The molecule has 1 aromatic rings. The third-order valence-electron chi connectivity index (χ3n) is 4.62. The van der Waals surface area contributed by atoms with E-state index in [1.165, 1.54) is 0 Å². The quantitative estimate of drug-likeness (QED) is 0.646. The second-order valence-electron chi connectivity index (χ2n) is 6.29. The van der Waals surface area contributed by atoms with Gasteiger partial charge < -0.3 is 15.5 Å². The maximum atomic E-state index is 12.4. The van der Waals surface area contributed by atoms with E-state index in [4.69, 9.17) is 0 Å². The maximum absolute atomic E-state index is 12.4. The molecule has 0 aliphatic carbocycles. The molecule has 7 nitrogen and oxygen atoms in total. The van der Waals surface area contributed by atoms with Crippen LogP contribution in [0.2, 0.25) is 0 Å². The molecular weight excluding hydrogens is 344 g/mol. The van der Waals surface area contributed by atoms with Crippen LogP contribution in [0.5, 0.6) is 0 Å². The van der Waals surface area contributed by atoms with Crippen molar-refractivity contribution in [3.05, 3.63) is 29.8 Å². The number of amides is 3. The summed E-state index contributed by atoms with van der Waals surface area (Å²) in [5.41, 5.74) is 0.900. The molecule has 0 aliphatic rings. The average molecular weight is 377 g/mol. The van der Waals surface area contributed by atoms with Gasteiger partial charge in [0.15, 0.2) is 0 Å². The summed E-state index contributed by atoms with van der Waals surface area (Å²) in [6.45, 7) is 13.3. The van der Waals surface area contributed by atoms with Crippen molar-refractivity contribution in [2.45, 2.75) is 40.7 Å². The fourth-order valence-corrected chi connectivity index (χ4v) is 2.91. The van der Waals surface area contributed by atoms with E-state index >= 15 is 0 Å². The molecule has 0 aliphatic heterocycles. The molecule has 1 rings (SSSR count). The van der Waals surface area contributed by atoms with Gasteiger partial charge in [-0.25, -0.2) is 0 Å². The van der Waals surface area contributed by atoms with Gasteiger partial charge in [-0.3, -0.25) is 19.3 Å². The molecule has 0 heterocycles. The number of benzene rings is 1. The molecule has 3 amide bonds. The van der Waals surface area contributed by atoms with Gasteiger partial charge in [-0.15, -0.1) is 0 Å². The molecule has 7 heteroatoms. The van der Waals surface area contributed by atoms with Crippen LogP contribution < -0.4 is 10.6 Å². The largest absolute Gasteiger partial charge is 0.346 e. The number of rotatable bonds is 9. The Morgan fingerprint density at radius 3 is 2.15 bits per heavy atom. The van der Waals surface area contributed by atoms with Crippen LogP contribution in [0.4, 0.5) is 5.69 Å². The fraction of sp³-hybridized carbons (Fsp3) is 0.550. The topological polar surface area (TPSA) is 81.8 Å². The van der Waals surface area contributed by atoms with Gasteiger partial charge in [-0.1, -0.05) is 19.9 Å². The summed E-state index contributed by atoms with van der Waals surface area (Å²) in [4.78, 5) is 40.5. The molecule has 0 saturated carbocycles. The number of carbonyl (C=O) groups excluding carboxylic acids is 3. The Labute approximate surface area is 162 Å². The van der Waals surface area contributed by atoms with Crippen LogP contribution in [0.25, 0.3) is 0 Å². The Balaban J connectivity index is 2.67. The summed E-state index contributed by atoms with van der Waals surface area (Å²) in [5.74, 6) is -1.53. The Morgan fingerprint density at radius 1 is 0.963 bits per heavy atom. The van der Waals surface area contributed by atoms with Crippen LogP contribution in [-0.4, -0.2) is 66.3 Å². The van der Waals surface area contributed by atoms with Crippen molar-refractivity contribution >= 4 is 23.4 Å². The summed E-state index contributed by atoms with van der Waals surface area (Å²) in [5, 5.41) is 5.22. The van der Waals surface area contributed by atoms with E-state index in [-0.39, 0.29) is 11.9 Å². The van der Waals surface area contributed by atoms with Gasteiger partial charge in [-0.05, 0) is 52.1 Å². The third kappa shape index (κ3) is 6.67. The van der Waals surface area contributed by atoms with Crippen LogP contribution in [0, 0.1) is 0 Å². The second-order valence-corrected chi connectivity index (χ2v) is 6.29. The number of carbonyl (C=O) groups is 3. The number of hydrogen-bond donors (Lipinski definition) is 2. The van der Waals surface area contributed by atoms with E-state index in [0.29, 0.717) is 30.9 Å². The van der Waals surface area contributed by atoms with Gasteiger partial charge in [0.1, 0.15) is 0 Å². The normalized spacial score (nSPS) is 11.8. The smallest absolute Gasteiger partial charge is 0.313 e. The van der Waals surface area contributed by atoms with E-state index in [9.17, 15) is 14.4 Å². The van der Waals surface area contributed by atoms with Gasteiger partial charge in [-0.2, -0.15) is 0 Å². The molecule has 0 aromatic heterocycles. The molecule has 0 spiro atoms. The Morgan fingerprint density at radius 2 is 1.59 bits per heavy atom. The predicted molar refractivity (Wildman–Crippen MR) is 108 cm³/mol. The van der Waals surface area contributed by atoms with E-state index in [0.717, 1.165) is 13.1 Å². The lowest BCUT2D eigenvalue weighted by Gasteiger charge is -2.26. The van der Waals surface area contributed by atoms with Crippen molar-refractivity contribution < 1.29 is 14.4 Å². The molecule has 1 aromatic carbocycles. The predicted octanol–water partition coefficient (Wildman–Crippen LogP) is 1.95. The van der Waals surface area contributed by atoms with Crippen molar-refractivity contribution in [3.63, 3.8) is 0 Å². The minimum Gasteiger partial charge on any atom is -0.346 e. The van der Waals surface area contributed by atoms with Crippen molar-refractivity contribution in [1.82, 2.24) is 15.1 Å². The minimum atomic E-state index is -0.741. The minimum absolute atomic E-state index is 0.103. The summed E-state index contributed by atoms with van der Waals surface area (Å²) in [6, 6.07) is 6.77. The van der Waals surface area contributed by atoms with Gasteiger partial charge >= 0.3 is 11.8 Å². The van der Waals surface area contributed by atoms with Crippen LogP contribution in [0.3, 0.4) is 0 Å². The van der Waals surface area contributed by atoms with Crippen molar-refractivity contribution in [2.24, 2.45) is 0 Å². The number of likely N-dealkylation sites (N-methyl/N-ethyl adjacent to an activating group) is 1. The number of nitrogens with one attached hydrogen (secondary N) is 2. The second kappa shape index (κ2) is 11.3. The first kappa shape index (κ1) is 22.6. The first-order chi connectivity index (χ1) is 12.9. The average Bonchev–Trinajstić information content (AvgIpc) is 2.68. The van der Waals surface area contributed by atoms with Gasteiger partial charge in [0, 0.05) is 36.9 Å². The first-order valence-corrected chi connectivity index (χ1v) is 9.60. The number of nitrogens with zero attached hydrogens (tertiary/aromatic N) is 2. The highest BCUT2D eigenvalue weighted by molar-refractivity contribution is 6.39. The highest BCUT2D eigenvalue weighted by Crippen LogP contribution is 2.13. The van der Waals surface area contributed by atoms with E-state index in [1.54, 1.807) is 29.2 Å². The summed E-state index contributed by atoms with van der Waals surface area (Å²) in [7, 11) is 0. The van der Waals surface area contributed by atoms with Crippen molar-refractivity contribution in [1.29, 1.82) is 0 Å². The number of hydrogen-bond acceptors (Lipinski definition) is 4. The molecule has 0 radical (unpaired) electrons. The van der Waals surface area contributed by atoms with Crippen LogP contribution in [0.1, 0.15) is 45.0 Å². The molecule has 2 N–H and O–H groups in total. The molecule has 1 unspecified atom stereocenters. The van der Waals surface area contributed by atoms with Crippen molar-refractivity contribution in [2.75, 3.05) is 38.0 Å². The lowest BCUT2D eigenvalue weighted by Crippen LogP contribution is -2.45. The highest BCUT2D eigenvalue weighted by atomic mass is 16.2. The van der Waals surface area contributed by atoms with Gasteiger partial charge in [0.25, 0.3) is 5.91 Å². The Hall–Kier alpha value is -2.41.